The Morgan fingerprint density at radius 1 is 0.977 bits per heavy atom. The topological polar surface area (TPSA) is 93.2 Å². The first-order chi connectivity index (χ1) is 20.5. The molecule has 1 atom stereocenters. The number of ether oxygens (including phenoxy) is 2. The van der Waals surface area contributed by atoms with E-state index in [0.717, 1.165) is 29.7 Å². The van der Waals surface area contributed by atoms with Crippen molar-refractivity contribution in [1.29, 1.82) is 0 Å². The van der Waals surface area contributed by atoms with Gasteiger partial charge in [0.05, 0.1) is 18.6 Å². The number of amides is 2. The number of nitrogens with zero attached hydrogens (tertiary/aromatic N) is 2. The van der Waals surface area contributed by atoms with Gasteiger partial charge in [-0.05, 0) is 93.1 Å². The molecule has 4 rings (SSSR count). The summed E-state index contributed by atoms with van der Waals surface area (Å²) in [5.41, 5.74) is 3.26. The van der Waals surface area contributed by atoms with E-state index in [9.17, 15) is 19.2 Å². The highest BCUT2D eigenvalue weighted by Gasteiger charge is 2.35. The molecule has 0 unspecified atom stereocenters. The first-order valence-corrected chi connectivity index (χ1v) is 14.7. The molecule has 3 aromatic carbocycles. The number of para-hydroxylation sites is 1. The van der Waals surface area contributed by atoms with Crippen molar-refractivity contribution < 1.29 is 28.7 Å². The second kappa shape index (κ2) is 13.9. The summed E-state index contributed by atoms with van der Waals surface area (Å²) in [7, 11) is 1.40. The highest BCUT2D eigenvalue weighted by Crippen LogP contribution is 2.40. The van der Waals surface area contributed by atoms with Crippen LogP contribution in [0.25, 0.3) is 0 Å². The van der Waals surface area contributed by atoms with E-state index in [4.69, 9.17) is 21.1 Å². The summed E-state index contributed by atoms with van der Waals surface area (Å²) in [6, 6.07) is 21.7. The molecule has 226 valence electrons. The fourth-order valence-corrected chi connectivity index (χ4v) is 5.56. The van der Waals surface area contributed by atoms with E-state index in [0.29, 0.717) is 35.7 Å². The Morgan fingerprint density at radius 3 is 2.30 bits per heavy atom. The molecule has 43 heavy (non-hydrogen) atoms. The van der Waals surface area contributed by atoms with Gasteiger partial charge in [-0.3, -0.25) is 19.2 Å². The SMILES string of the molecule is COC(=O)C(C)(C)CCCc1ccc(C(=O)N2CC[C@@H](N(C(=O)COC(C)=O)c3ccc(Cl)cc3)c3ccccc32)cc1. The lowest BCUT2D eigenvalue weighted by molar-refractivity contribution is -0.151. The summed E-state index contributed by atoms with van der Waals surface area (Å²) in [5, 5.41) is 0.535. The predicted octanol–water partition coefficient (Wildman–Crippen LogP) is 6.55. The molecule has 8 nitrogen and oxygen atoms in total. The number of benzene rings is 3. The van der Waals surface area contributed by atoms with Crippen molar-refractivity contribution in [1.82, 2.24) is 0 Å². The Balaban J connectivity index is 1.54. The number of anilines is 2. The van der Waals surface area contributed by atoms with Gasteiger partial charge < -0.3 is 19.3 Å². The molecule has 1 heterocycles. The third-order valence-corrected chi connectivity index (χ3v) is 8.00. The van der Waals surface area contributed by atoms with Gasteiger partial charge in [-0.1, -0.05) is 41.9 Å². The number of carbonyl (C=O) groups is 4. The minimum atomic E-state index is -0.543. The molecular weight excluding hydrogens is 568 g/mol. The number of fused-ring (bicyclic) bond motifs is 1. The van der Waals surface area contributed by atoms with Gasteiger partial charge in [0.15, 0.2) is 6.61 Å². The monoisotopic (exact) mass is 604 g/mol. The van der Waals surface area contributed by atoms with Crippen molar-refractivity contribution in [2.45, 2.75) is 52.5 Å². The van der Waals surface area contributed by atoms with E-state index in [-0.39, 0.29) is 23.8 Å². The molecule has 0 radical (unpaired) electrons. The lowest BCUT2D eigenvalue weighted by Crippen LogP contribution is -2.44. The summed E-state index contributed by atoms with van der Waals surface area (Å²) in [6.07, 6.45) is 2.77. The zero-order chi connectivity index (χ0) is 31.1. The van der Waals surface area contributed by atoms with Crippen LogP contribution in [0, 0.1) is 5.41 Å². The molecule has 0 saturated heterocycles. The highest BCUT2D eigenvalue weighted by molar-refractivity contribution is 6.30. The third kappa shape index (κ3) is 7.62. The van der Waals surface area contributed by atoms with Gasteiger partial charge in [0.1, 0.15) is 0 Å². The maximum absolute atomic E-state index is 13.7. The van der Waals surface area contributed by atoms with Crippen molar-refractivity contribution in [2.75, 3.05) is 30.1 Å². The molecule has 0 spiro atoms. The van der Waals surface area contributed by atoms with E-state index in [2.05, 4.69) is 0 Å². The molecule has 1 aliphatic rings. The quantitative estimate of drug-likeness (QED) is 0.244. The molecule has 0 aromatic heterocycles. The molecule has 0 aliphatic carbocycles. The van der Waals surface area contributed by atoms with Crippen molar-refractivity contribution in [3.63, 3.8) is 0 Å². The number of rotatable bonds is 10. The van der Waals surface area contributed by atoms with Gasteiger partial charge in [0.2, 0.25) is 0 Å². The molecule has 0 fully saturated rings. The number of hydrogen-bond acceptors (Lipinski definition) is 6. The van der Waals surface area contributed by atoms with Crippen molar-refractivity contribution in [3.05, 3.63) is 94.5 Å². The van der Waals surface area contributed by atoms with Crippen molar-refractivity contribution in [2.24, 2.45) is 5.41 Å². The Kier molecular flexibility index (Phi) is 10.2. The molecule has 9 heteroatoms. The minimum absolute atomic E-state index is 0.131. The smallest absolute Gasteiger partial charge is 0.311 e. The van der Waals surface area contributed by atoms with Crippen LogP contribution in [0.3, 0.4) is 0 Å². The summed E-state index contributed by atoms with van der Waals surface area (Å²) >= 11 is 6.11. The van der Waals surface area contributed by atoms with Crippen LogP contribution in [0.4, 0.5) is 11.4 Å². The molecule has 2 amide bonds. The van der Waals surface area contributed by atoms with Crippen LogP contribution in [-0.4, -0.2) is 44.0 Å². The van der Waals surface area contributed by atoms with Gasteiger partial charge in [-0.2, -0.15) is 0 Å². The zero-order valence-corrected chi connectivity index (χ0v) is 25.7. The van der Waals surface area contributed by atoms with E-state index in [1.165, 1.54) is 14.0 Å². The molecule has 0 saturated carbocycles. The van der Waals surface area contributed by atoms with Gasteiger partial charge in [-0.15, -0.1) is 0 Å². The average molecular weight is 605 g/mol. The Labute approximate surface area is 257 Å². The van der Waals surface area contributed by atoms with Crippen molar-refractivity contribution in [3.8, 4) is 0 Å². The number of carbonyl (C=O) groups excluding carboxylic acids is 4. The van der Waals surface area contributed by atoms with Crippen LogP contribution in [0.5, 0.6) is 0 Å². The lowest BCUT2D eigenvalue weighted by atomic mass is 9.86. The Hall–Kier alpha value is -4.17. The predicted molar refractivity (Wildman–Crippen MR) is 166 cm³/mol. The fourth-order valence-electron chi connectivity index (χ4n) is 5.44. The molecule has 0 bridgehead atoms. The van der Waals surface area contributed by atoms with Gasteiger partial charge in [-0.25, -0.2) is 0 Å². The molecule has 1 aliphatic heterocycles. The summed E-state index contributed by atoms with van der Waals surface area (Å²) < 4.78 is 9.95. The largest absolute Gasteiger partial charge is 0.469 e. The summed E-state index contributed by atoms with van der Waals surface area (Å²) in [4.78, 5) is 53.9. The number of methoxy groups -OCH3 is 1. The maximum Gasteiger partial charge on any atom is 0.311 e. The minimum Gasteiger partial charge on any atom is -0.469 e. The zero-order valence-electron chi connectivity index (χ0n) is 25.0. The Morgan fingerprint density at radius 2 is 1.65 bits per heavy atom. The number of aryl methyl sites for hydroxylation is 1. The molecular formula is C34H37ClN2O6. The van der Waals surface area contributed by atoms with Crippen molar-refractivity contribution >= 4 is 46.7 Å². The van der Waals surface area contributed by atoms with Crippen LogP contribution in [0.2, 0.25) is 5.02 Å². The maximum atomic E-state index is 13.7. The first kappa shape index (κ1) is 31.8. The van der Waals surface area contributed by atoms with Crippen LogP contribution < -0.4 is 9.80 Å². The molecule has 0 N–H and O–H groups in total. The van der Waals surface area contributed by atoms with Gasteiger partial charge >= 0.3 is 11.9 Å². The highest BCUT2D eigenvalue weighted by atomic mass is 35.5. The normalized spacial score (nSPS) is 14.4. The van der Waals surface area contributed by atoms with Gasteiger partial charge in [0.25, 0.3) is 11.8 Å². The van der Waals surface area contributed by atoms with E-state index in [1.807, 2.05) is 62.4 Å². The van der Waals surface area contributed by atoms with E-state index >= 15 is 0 Å². The Bertz CT molecular complexity index is 1470. The van der Waals surface area contributed by atoms with Crippen LogP contribution in [0.15, 0.2) is 72.8 Å². The first-order valence-electron chi connectivity index (χ1n) is 14.3. The standard InChI is InChI=1S/C34H37ClN2O6/c1-23(38)43-22-31(39)37(27-17-15-26(35)16-18-27)30-19-21-36(29-10-6-5-9-28(29)30)32(40)25-13-11-24(12-14-25)8-7-20-34(2,3)33(41)42-4/h5-6,9-18,30H,7-8,19-22H2,1-4H3/t30-/m1/s1. The third-order valence-electron chi connectivity index (χ3n) is 7.75. The van der Waals surface area contributed by atoms with E-state index < -0.39 is 18.0 Å². The van der Waals surface area contributed by atoms with Crippen LogP contribution in [0.1, 0.15) is 67.6 Å². The number of esters is 2. The summed E-state index contributed by atoms with van der Waals surface area (Å²) in [6.45, 7) is 5.01. The van der Waals surface area contributed by atoms with E-state index in [1.54, 1.807) is 34.1 Å². The summed E-state index contributed by atoms with van der Waals surface area (Å²) in [5.74, 6) is -1.26. The average Bonchev–Trinajstić information content (AvgIpc) is 3.00. The number of halogens is 1. The fraction of sp³-hybridized carbons (Fsp3) is 0.353. The van der Waals surface area contributed by atoms with Crippen LogP contribution >= 0.6 is 11.6 Å². The molecule has 3 aromatic rings. The van der Waals surface area contributed by atoms with Crippen LogP contribution in [-0.2, 0) is 30.3 Å². The number of hydrogen-bond donors (Lipinski definition) is 0. The van der Waals surface area contributed by atoms with Gasteiger partial charge in [0, 0.05) is 35.4 Å². The second-order valence-corrected chi connectivity index (χ2v) is 11.7. The second-order valence-electron chi connectivity index (χ2n) is 11.3. The lowest BCUT2D eigenvalue weighted by Gasteiger charge is -2.40.